The zero-order chi connectivity index (χ0) is 16.5. The summed E-state index contributed by atoms with van der Waals surface area (Å²) in [7, 11) is 0. The van der Waals surface area contributed by atoms with E-state index in [0.29, 0.717) is 19.5 Å². The minimum atomic E-state index is -0.815. The number of hydrogen-bond acceptors (Lipinski definition) is 2. The predicted molar refractivity (Wildman–Crippen MR) is 88.7 cm³/mol. The number of halogens is 1. The molecule has 0 bridgehead atoms. The maximum atomic E-state index is 13.0. The number of nitrogens with zero attached hydrogens (tertiary/aromatic N) is 1. The Hall–Kier alpha value is -1.36. The second-order valence-electron chi connectivity index (χ2n) is 6.72. The van der Waals surface area contributed by atoms with Crippen molar-refractivity contribution in [3.05, 3.63) is 34.3 Å². The molecule has 1 aromatic carbocycles. The molecular formula is C17H22BrNO3. The molecule has 1 fully saturated rings. The average Bonchev–Trinajstić information content (AvgIpc) is 2.45. The summed E-state index contributed by atoms with van der Waals surface area (Å²) in [5.41, 5.74) is 0.251. The van der Waals surface area contributed by atoms with Crippen LogP contribution < -0.4 is 0 Å². The van der Waals surface area contributed by atoms with Gasteiger partial charge in [-0.3, -0.25) is 9.59 Å². The molecule has 2 unspecified atom stereocenters. The summed E-state index contributed by atoms with van der Waals surface area (Å²) in [4.78, 5) is 26.0. The van der Waals surface area contributed by atoms with Crippen molar-refractivity contribution in [2.24, 2.45) is 11.8 Å². The third kappa shape index (κ3) is 3.51. The number of piperidine rings is 1. The Morgan fingerprint density at radius 3 is 2.59 bits per heavy atom. The molecule has 2 atom stereocenters. The molecule has 1 heterocycles. The first-order valence-corrected chi connectivity index (χ1v) is 8.29. The van der Waals surface area contributed by atoms with Crippen LogP contribution in [0.2, 0.25) is 0 Å². The fraction of sp³-hybridized carbons (Fsp3) is 0.529. The fourth-order valence-corrected chi connectivity index (χ4v) is 3.49. The first kappa shape index (κ1) is 17.0. The van der Waals surface area contributed by atoms with Crippen LogP contribution in [0.15, 0.2) is 28.7 Å². The number of carbonyl (C=O) groups excluding carboxylic acids is 1. The van der Waals surface area contributed by atoms with Crippen molar-refractivity contribution in [2.45, 2.75) is 32.6 Å². The van der Waals surface area contributed by atoms with E-state index < -0.39 is 17.3 Å². The second kappa shape index (κ2) is 6.41. The zero-order valence-electron chi connectivity index (χ0n) is 13.2. The van der Waals surface area contributed by atoms with Crippen LogP contribution in [0.25, 0.3) is 0 Å². The number of likely N-dealkylation sites (tertiary alicyclic amines) is 1. The molecule has 120 valence electrons. The largest absolute Gasteiger partial charge is 0.481 e. The third-order valence-electron chi connectivity index (χ3n) is 4.38. The Kier molecular flexibility index (Phi) is 4.95. The highest BCUT2D eigenvalue weighted by molar-refractivity contribution is 9.10. The number of benzene rings is 1. The third-order valence-corrected chi connectivity index (χ3v) is 4.87. The summed E-state index contributed by atoms with van der Waals surface area (Å²) in [5, 5.41) is 9.27. The van der Waals surface area contributed by atoms with Crippen molar-refractivity contribution >= 4 is 27.8 Å². The van der Waals surface area contributed by atoms with Gasteiger partial charge in [0.05, 0.1) is 11.3 Å². The normalized spacial score (nSPS) is 22.5. The summed E-state index contributed by atoms with van der Waals surface area (Å²) >= 11 is 3.44. The van der Waals surface area contributed by atoms with E-state index in [1.165, 1.54) is 0 Å². The van der Waals surface area contributed by atoms with Crippen molar-refractivity contribution in [1.29, 1.82) is 0 Å². The molecule has 0 spiro atoms. The highest BCUT2D eigenvalue weighted by atomic mass is 79.9. The number of amides is 1. The smallest absolute Gasteiger partial charge is 0.308 e. The van der Waals surface area contributed by atoms with Gasteiger partial charge in [-0.1, -0.05) is 35.0 Å². The lowest BCUT2D eigenvalue weighted by Gasteiger charge is -2.39. The summed E-state index contributed by atoms with van der Waals surface area (Å²) < 4.78 is 0.932. The van der Waals surface area contributed by atoms with Crippen molar-refractivity contribution in [2.75, 3.05) is 13.1 Å². The van der Waals surface area contributed by atoms with Crippen LogP contribution in [0, 0.1) is 11.8 Å². The molecule has 4 nitrogen and oxygen atoms in total. The maximum absolute atomic E-state index is 13.0. The first-order chi connectivity index (χ1) is 10.2. The van der Waals surface area contributed by atoms with Gasteiger partial charge in [0.2, 0.25) is 5.91 Å². The van der Waals surface area contributed by atoms with Crippen molar-refractivity contribution in [3.63, 3.8) is 0 Å². The van der Waals surface area contributed by atoms with Gasteiger partial charge in [-0.05, 0) is 43.9 Å². The van der Waals surface area contributed by atoms with E-state index in [0.717, 1.165) is 10.0 Å². The molecule has 2 rings (SSSR count). The van der Waals surface area contributed by atoms with Gasteiger partial charge in [-0.25, -0.2) is 0 Å². The highest BCUT2D eigenvalue weighted by Crippen LogP contribution is 2.31. The number of rotatable bonds is 3. The van der Waals surface area contributed by atoms with Crippen molar-refractivity contribution < 1.29 is 14.7 Å². The average molecular weight is 368 g/mol. The van der Waals surface area contributed by atoms with E-state index in [2.05, 4.69) is 15.9 Å². The van der Waals surface area contributed by atoms with Gasteiger partial charge in [-0.2, -0.15) is 0 Å². The van der Waals surface area contributed by atoms with E-state index >= 15 is 0 Å². The first-order valence-electron chi connectivity index (χ1n) is 7.50. The molecule has 22 heavy (non-hydrogen) atoms. The van der Waals surface area contributed by atoms with E-state index in [1.54, 1.807) is 4.90 Å². The van der Waals surface area contributed by atoms with E-state index in [9.17, 15) is 14.7 Å². The Morgan fingerprint density at radius 1 is 1.32 bits per heavy atom. The van der Waals surface area contributed by atoms with Crippen molar-refractivity contribution in [3.8, 4) is 0 Å². The number of carbonyl (C=O) groups is 2. The van der Waals surface area contributed by atoms with Crippen LogP contribution in [0.1, 0.15) is 32.8 Å². The SMILES string of the molecule is CC1CC(C(=O)O)CN(C(=O)C(C)(C)c2cccc(Br)c2)C1. The molecule has 1 N–H and O–H groups in total. The number of hydrogen-bond donors (Lipinski definition) is 1. The molecule has 1 amide bonds. The summed E-state index contributed by atoms with van der Waals surface area (Å²) in [6.45, 7) is 6.72. The lowest BCUT2D eigenvalue weighted by atomic mass is 9.81. The Balaban J connectivity index is 2.23. The van der Waals surface area contributed by atoms with E-state index in [4.69, 9.17) is 0 Å². The lowest BCUT2D eigenvalue weighted by molar-refractivity contribution is -0.148. The second-order valence-corrected chi connectivity index (χ2v) is 7.64. The van der Waals surface area contributed by atoms with Gasteiger partial charge >= 0.3 is 5.97 Å². The number of carboxylic acid groups (broad SMARTS) is 1. The Morgan fingerprint density at radius 2 is 2.00 bits per heavy atom. The van der Waals surface area contributed by atoms with Gasteiger partial charge < -0.3 is 10.0 Å². The Bertz CT molecular complexity index is 585. The molecule has 0 radical (unpaired) electrons. The fourth-order valence-electron chi connectivity index (χ4n) is 3.09. The number of carboxylic acids is 1. The predicted octanol–water partition coefficient (Wildman–Crippen LogP) is 3.30. The minimum Gasteiger partial charge on any atom is -0.481 e. The van der Waals surface area contributed by atoms with Crippen LogP contribution in [-0.2, 0) is 15.0 Å². The van der Waals surface area contributed by atoms with Gasteiger partial charge in [0, 0.05) is 17.6 Å². The van der Waals surface area contributed by atoms with Crippen molar-refractivity contribution in [1.82, 2.24) is 4.90 Å². The molecule has 0 aromatic heterocycles. The molecule has 1 aliphatic heterocycles. The molecule has 1 aliphatic rings. The van der Waals surface area contributed by atoms with Crippen LogP contribution >= 0.6 is 15.9 Å². The molecule has 5 heteroatoms. The molecule has 1 aromatic rings. The van der Waals surface area contributed by atoms with Crippen LogP contribution in [0.3, 0.4) is 0 Å². The molecular weight excluding hydrogens is 346 g/mol. The van der Waals surface area contributed by atoms with Crippen LogP contribution in [0.4, 0.5) is 0 Å². The summed E-state index contributed by atoms with van der Waals surface area (Å²) in [6, 6.07) is 7.71. The van der Waals surface area contributed by atoms with E-state index in [1.807, 2.05) is 45.0 Å². The monoisotopic (exact) mass is 367 g/mol. The van der Waals surface area contributed by atoms with E-state index in [-0.39, 0.29) is 11.8 Å². The summed E-state index contributed by atoms with van der Waals surface area (Å²) in [6.07, 6.45) is 0.635. The topological polar surface area (TPSA) is 57.6 Å². The minimum absolute atomic E-state index is 0.0107. The summed E-state index contributed by atoms with van der Waals surface area (Å²) in [5.74, 6) is -1.09. The lowest BCUT2D eigenvalue weighted by Crippen LogP contribution is -2.51. The number of aliphatic carboxylic acids is 1. The van der Waals surface area contributed by atoms with Gasteiger partial charge in [0.25, 0.3) is 0 Å². The van der Waals surface area contributed by atoms with Crippen LogP contribution in [-0.4, -0.2) is 35.0 Å². The standard InChI is InChI=1S/C17H22BrNO3/c1-11-7-12(15(20)21)10-19(9-11)16(22)17(2,3)13-5-4-6-14(18)8-13/h4-6,8,11-12H,7,9-10H2,1-3H3,(H,20,21). The molecule has 0 saturated carbocycles. The van der Waals surface area contributed by atoms with Gasteiger partial charge in [-0.15, -0.1) is 0 Å². The van der Waals surface area contributed by atoms with Gasteiger partial charge in [0.1, 0.15) is 0 Å². The van der Waals surface area contributed by atoms with Crippen LogP contribution in [0.5, 0.6) is 0 Å². The van der Waals surface area contributed by atoms with Gasteiger partial charge in [0.15, 0.2) is 0 Å². The Labute approximate surface area is 139 Å². The highest BCUT2D eigenvalue weighted by Gasteiger charge is 2.39. The maximum Gasteiger partial charge on any atom is 0.308 e. The molecule has 1 saturated heterocycles. The quantitative estimate of drug-likeness (QED) is 0.891. The molecule has 0 aliphatic carbocycles. The zero-order valence-corrected chi connectivity index (χ0v) is 14.8.